The third kappa shape index (κ3) is 4.39. The second-order valence-corrected chi connectivity index (χ2v) is 8.11. The third-order valence-electron chi connectivity index (χ3n) is 5.12. The van der Waals surface area contributed by atoms with E-state index in [1.807, 2.05) is 24.3 Å². The number of Topliss-reactive ketones (excluding diaryl/α,β-unsaturated/α-hetero) is 1. The number of hydrogen-bond donors (Lipinski definition) is 1. The van der Waals surface area contributed by atoms with E-state index in [1.165, 1.54) is 0 Å². The Morgan fingerprint density at radius 3 is 2.87 bits per heavy atom. The van der Waals surface area contributed by atoms with E-state index < -0.39 is 11.9 Å². The number of hydrogen-bond acceptors (Lipinski definition) is 7. The first-order valence-corrected chi connectivity index (χ1v) is 10.8. The highest BCUT2D eigenvalue weighted by Crippen LogP contribution is 2.44. The molecule has 1 aromatic carbocycles. The molecule has 0 bridgehead atoms. The van der Waals surface area contributed by atoms with E-state index in [9.17, 15) is 9.59 Å². The number of ketones is 1. The van der Waals surface area contributed by atoms with Crippen LogP contribution in [0.5, 0.6) is 5.75 Å². The molecular formula is C23H22BrNO6. The van der Waals surface area contributed by atoms with E-state index in [0.29, 0.717) is 47.9 Å². The number of halogens is 1. The molecule has 7 nitrogen and oxygen atoms in total. The molecule has 1 aliphatic carbocycles. The number of rotatable bonds is 6. The Hall–Kier alpha value is -3.00. The van der Waals surface area contributed by atoms with E-state index in [1.54, 1.807) is 19.1 Å². The standard InChI is InChI=1S/C23H22BrNO6/c1-2-28-23(27)21-20(19-16(26)7-4-8-17(19)31-22(21)25)18-10-9-15(30-18)12-29-14-6-3-5-13(24)11-14/h3,5-6,9-11,20H,2,4,7-8,12,25H2,1H3. The molecule has 2 N–H and O–H groups in total. The van der Waals surface area contributed by atoms with Crippen LogP contribution in [0.2, 0.25) is 0 Å². The molecule has 0 saturated carbocycles. The maximum Gasteiger partial charge on any atom is 0.340 e. The van der Waals surface area contributed by atoms with E-state index in [4.69, 9.17) is 24.4 Å². The highest BCUT2D eigenvalue weighted by atomic mass is 79.9. The normalized spacial score (nSPS) is 18.5. The Bertz CT molecular complexity index is 1080. The van der Waals surface area contributed by atoms with Crippen molar-refractivity contribution in [3.63, 3.8) is 0 Å². The lowest BCUT2D eigenvalue weighted by atomic mass is 9.79. The fraction of sp³-hybridized carbons (Fsp3) is 0.304. The Morgan fingerprint density at radius 2 is 2.10 bits per heavy atom. The first-order valence-electron chi connectivity index (χ1n) is 10.1. The molecule has 2 aliphatic rings. The first-order chi connectivity index (χ1) is 15.0. The van der Waals surface area contributed by atoms with Crippen LogP contribution in [0.4, 0.5) is 0 Å². The van der Waals surface area contributed by atoms with Crippen LogP contribution in [0.3, 0.4) is 0 Å². The molecule has 1 aromatic heterocycles. The zero-order chi connectivity index (χ0) is 22.0. The van der Waals surface area contributed by atoms with Gasteiger partial charge in [0.25, 0.3) is 0 Å². The summed E-state index contributed by atoms with van der Waals surface area (Å²) in [4.78, 5) is 25.4. The molecule has 2 aromatic rings. The third-order valence-corrected chi connectivity index (χ3v) is 5.62. The minimum absolute atomic E-state index is 0.0553. The quantitative estimate of drug-likeness (QED) is 0.599. The molecule has 8 heteroatoms. The van der Waals surface area contributed by atoms with Crippen molar-refractivity contribution < 1.29 is 28.2 Å². The lowest BCUT2D eigenvalue weighted by Crippen LogP contribution is -2.31. The van der Waals surface area contributed by atoms with Gasteiger partial charge in [-0.05, 0) is 43.7 Å². The van der Waals surface area contributed by atoms with Crippen molar-refractivity contribution in [2.45, 2.75) is 38.7 Å². The highest BCUT2D eigenvalue weighted by molar-refractivity contribution is 9.10. The molecule has 4 rings (SSSR count). The van der Waals surface area contributed by atoms with Gasteiger partial charge in [-0.1, -0.05) is 22.0 Å². The second kappa shape index (κ2) is 9.01. The number of carbonyl (C=O) groups is 2. The highest BCUT2D eigenvalue weighted by Gasteiger charge is 2.42. The van der Waals surface area contributed by atoms with Gasteiger partial charge in [-0.15, -0.1) is 0 Å². The van der Waals surface area contributed by atoms with Crippen molar-refractivity contribution in [2.24, 2.45) is 5.73 Å². The largest absolute Gasteiger partial charge is 0.486 e. The van der Waals surface area contributed by atoms with Gasteiger partial charge < -0.3 is 24.4 Å². The molecule has 31 heavy (non-hydrogen) atoms. The number of ether oxygens (including phenoxy) is 3. The summed E-state index contributed by atoms with van der Waals surface area (Å²) in [5, 5.41) is 0. The van der Waals surface area contributed by atoms with Gasteiger partial charge in [0.15, 0.2) is 5.78 Å². The molecule has 0 radical (unpaired) electrons. The summed E-state index contributed by atoms with van der Waals surface area (Å²) >= 11 is 3.41. The molecule has 1 aliphatic heterocycles. The van der Waals surface area contributed by atoms with Gasteiger partial charge in [-0.25, -0.2) is 4.79 Å². The lowest BCUT2D eigenvalue weighted by Gasteiger charge is -2.31. The van der Waals surface area contributed by atoms with Crippen LogP contribution >= 0.6 is 15.9 Å². The van der Waals surface area contributed by atoms with Gasteiger partial charge in [-0.2, -0.15) is 0 Å². The van der Waals surface area contributed by atoms with Crippen LogP contribution < -0.4 is 10.5 Å². The number of nitrogens with two attached hydrogens (primary N) is 1. The molecule has 0 amide bonds. The van der Waals surface area contributed by atoms with Gasteiger partial charge in [0.05, 0.1) is 12.5 Å². The smallest absolute Gasteiger partial charge is 0.340 e. The Kier molecular flexibility index (Phi) is 6.18. The molecule has 0 spiro atoms. The average molecular weight is 488 g/mol. The van der Waals surface area contributed by atoms with Crippen molar-refractivity contribution in [3.05, 3.63) is 75.2 Å². The predicted octanol–water partition coefficient (Wildman–Crippen LogP) is 4.48. The van der Waals surface area contributed by atoms with Crippen LogP contribution in [-0.4, -0.2) is 18.4 Å². The van der Waals surface area contributed by atoms with Crippen LogP contribution in [0, 0.1) is 0 Å². The molecule has 0 fully saturated rings. The number of furan rings is 1. The predicted molar refractivity (Wildman–Crippen MR) is 115 cm³/mol. The molecule has 1 unspecified atom stereocenters. The summed E-state index contributed by atoms with van der Waals surface area (Å²) in [6.45, 7) is 2.06. The fourth-order valence-electron chi connectivity index (χ4n) is 3.79. The second-order valence-electron chi connectivity index (χ2n) is 7.20. The molecule has 1 atom stereocenters. The summed E-state index contributed by atoms with van der Waals surface area (Å²) in [6, 6.07) is 11.0. The number of benzene rings is 1. The van der Waals surface area contributed by atoms with Crippen LogP contribution in [0.15, 0.2) is 68.1 Å². The van der Waals surface area contributed by atoms with Crippen molar-refractivity contribution in [2.75, 3.05) is 6.61 Å². The summed E-state index contributed by atoms with van der Waals surface area (Å²) in [5.41, 5.74) is 6.59. The average Bonchev–Trinajstić information content (AvgIpc) is 3.20. The molecule has 2 heterocycles. The fourth-order valence-corrected chi connectivity index (χ4v) is 4.17. The Morgan fingerprint density at radius 1 is 1.26 bits per heavy atom. The van der Waals surface area contributed by atoms with Crippen molar-refractivity contribution in [1.29, 1.82) is 0 Å². The molecular weight excluding hydrogens is 466 g/mol. The minimum Gasteiger partial charge on any atom is -0.486 e. The van der Waals surface area contributed by atoms with Gasteiger partial charge in [0, 0.05) is 22.9 Å². The topological polar surface area (TPSA) is 101 Å². The SMILES string of the molecule is CCOC(=O)C1=C(N)OC2=C(C(=O)CCC2)C1c1ccc(COc2cccc(Br)c2)o1. The minimum atomic E-state index is -0.768. The van der Waals surface area contributed by atoms with Crippen LogP contribution in [0.1, 0.15) is 43.6 Å². The molecule has 162 valence electrons. The van der Waals surface area contributed by atoms with Gasteiger partial charge >= 0.3 is 5.97 Å². The summed E-state index contributed by atoms with van der Waals surface area (Å²) in [5.74, 6) is 0.619. The Balaban J connectivity index is 1.65. The first kappa shape index (κ1) is 21.2. The van der Waals surface area contributed by atoms with Crippen molar-refractivity contribution in [3.8, 4) is 5.75 Å². The van der Waals surface area contributed by atoms with Crippen LogP contribution in [-0.2, 0) is 25.7 Å². The molecule has 0 saturated heterocycles. The maximum absolute atomic E-state index is 12.8. The summed E-state index contributed by atoms with van der Waals surface area (Å²) < 4.78 is 23.5. The lowest BCUT2D eigenvalue weighted by molar-refractivity contribution is -0.139. The zero-order valence-electron chi connectivity index (χ0n) is 17.0. The van der Waals surface area contributed by atoms with E-state index in [2.05, 4.69) is 15.9 Å². The van der Waals surface area contributed by atoms with Crippen LogP contribution in [0.25, 0.3) is 0 Å². The monoisotopic (exact) mass is 487 g/mol. The number of allylic oxidation sites excluding steroid dienone is 2. The van der Waals surface area contributed by atoms with Crippen molar-refractivity contribution in [1.82, 2.24) is 0 Å². The maximum atomic E-state index is 12.8. The summed E-state index contributed by atoms with van der Waals surface area (Å²) in [7, 11) is 0. The Labute approximate surface area is 188 Å². The van der Waals surface area contributed by atoms with E-state index >= 15 is 0 Å². The van der Waals surface area contributed by atoms with E-state index in [0.717, 1.165) is 4.47 Å². The van der Waals surface area contributed by atoms with E-state index in [-0.39, 0.29) is 30.5 Å². The van der Waals surface area contributed by atoms with Crippen molar-refractivity contribution >= 4 is 27.7 Å². The summed E-state index contributed by atoms with van der Waals surface area (Å²) in [6.07, 6.45) is 1.64. The number of esters is 1. The van der Waals surface area contributed by atoms with Gasteiger partial charge in [-0.3, -0.25) is 4.79 Å². The zero-order valence-corrected chi connectivity index (χ0v) is 18.6. The van der Waals surface area contributed by atoms with Gasteiger partial charge in [0.2, 0.25) is 5.88 Å². The van der Waals surface area contributed by atoms with Gasteiger partial charge in [0.1, 0.15) is 35.2 Å². The number of carbonyl (C=O) groups excluding carboxylic acids is 2.